The third kappa shape index (κ3) is 9.92. The fourth-order valence-electron chi connectivity index (χ4n) is 9.20. The van der Waals surface area contributed by atoms with Crippen molar-refractivity contribution in [2.45, 2.75) is 95.6 Å². The number of fused-ring (bicyclic) bond motifs is 8. The molecule has 1 saturated carbocycles. The largest absolute Gasteiger partial charge is 0.497 e. The summed E-state index contributed by atoms with van der Waals surface area (Å²) in [7, 11) is 6.16. The van der Waals surface area contributed by atoms with Crippen LogP contribution in [0.4, 0.5) is 13.2 Å². The number of carbonyl (C=O) groups is 2. The molecule has 3 aliphatic carbocycles. The Bertz CT molecular complexity index is 2260. The van der Waals surface area contributed by atoms with E-state index in [0.29, 0.717) is 77.4 Å². The van der Waals surface area contributed by atoms with Crippen molar-refractivity contribution in [3.8, 4) is 23.0 Å². The van der Waals surface area contributed by atoms with E-state index in [1.807, 2.05) is 32.0 Å². The highest BCUT2D eigenvalue weighted by atomic mass is 19.4. The lowest BCUT2D eigenvalue weighted by Gasteiger charge is -2.46. The van der Waals surface area contributed by atoms with Crippen LogP contribution in [-0.4, -0.2) is 73.5 Å². The molecule has 1 amide bonds. The number of aliphatic hydroxyl groups is 2. The molecule has 4 aromatic rings. The predicted octanol–water partition coefficient (Wildman–Crippen LogP) is 9.28. The monoisotopic (exact) mass is 843 g/mol. The van der Waals surface area contributed by atoms with Crippen LogP contribution in [0, 0.1) is 5.41 Å². The van der Waals surface area contributed by atoms with Gasteiger partial charge in [-0.05, 0) is 117 Å². The van der Waals surface area contributed by atoms with E-state index in [0.717, 1.165) is 17.7 Å². The van der Waals surface area contributed by atoms with Gasteiger partial charge in [0.1, 0.15) is 11.5 Å². The number of ether oxygens (including phenoxy) is 4. The molecular weight excluding hydrogens is 788 g/mol. The Morgan fingerprint density at radius 1 is 0.852 bits per heavy atom. The van der Waals surface area contributed by atoms with Gasteiger partial charge in [-0.25, -0.2) is 0 Å². The summed E-state index contributed by atoms with van der Waals surface area (Å²) in [6.07, 6.45) is -0.107. The first-order valence-corrected chi connectivity index (χ1v) is 20.6. The van der Waals surface area contributed by atoms with Crippen LogP contribution in [-0.2, 0) is 30.4 Å². The van der Waals surface area contributed by atoms with Crippen LogP contribution in [0.5, 0.6) is 23.0 Å². The zero-order chi connectivity index (χ0) is 44.1. The first kappa shape index (κ1) is 45.2. The number of alkyl halides is 3. The maximum Gasteiger partial charge on any atom is 0.416 e. The van der Waals surface area contributed by atoms with Crippen molar-refractivity contribution in [3.05, 3.63) is 129 Å². The Morgan fingerprint density at radius 2 is 1.61 bits per heavy atom. The van der Waals surface area contributed by atoms with Crippen molar-refractivity contribution in [1.82, 2.24) is 4.90 Å². The van der Waals surface area contributed by atoms with E-state index in [4.69, 9.17) is 18.9 Å². The minimum Gasteiger partial charge on any atom is -0.497 e. The Morgan fingerprint density at radius 3 is 2.31 bits per heavy atom. The van der Waals surface area contributed by atoms with Crippen LogP contribution in [0.3, 0.4) is 0 Å². The van der Waals surface area contributed by atoms with E-state index in [2.05, 4.69) is 6.08 Å². The molecule has 0 radical (unpaired) electrons. The number of amides is 1. The molecule has 4 atom stereocenters. The first-order valence-electron chi connectivity index (χ1n) is 20.6. The molecule has 0 heterocycles. The van der Waals surface area contributed by atoms with E-state index in [-0.39, 0.29) is 49.4 Å². The summed E-state index contributed by atoms with van der Waals surface area (Å²) in [4.78, 5) is 30.8. The molecule has 4 aromatic carbocycles. The molecule has 3 aliphatic rings. The average molecular weight is 844 g/mol. The quantitative estimate of drug-likeness (QED) is 0.107. The van der Waals surface area contributed by atoms with E-state index in [9.17, 15) is 33.0 Å². The summed E-state index contributed by atoms with van der Waals surface area (Å²) in [6, 6.07) is 20.5. The van der Waals surface area contributed by atoms with Gasteiger partial charge in [0, 0.05) is 34.7 Å². The molecule has 12 heteroatoms. The highest BCUT2D eigenvalue weighted by Gasteiger charge is 2.57. The summed E-state index contributed by atoms with van der Waals surface area (Å²) in [5.41, 5.74) is 0.534. The molecule has 4 unspecified atom stereocenters. The molecular formula is C49H56F3NO8. The summed E-state index contributed by atoms with van der Waals surface area (Å²) in [5.74, 6) is 0.809. The van der Waals surface area contributed by atoms with Crippen molar-refractivity contribution in [2.24, 2.45) is 5.41 Å². The number of allylic oxidation sites excluding steroid dienone is 2. The van der Waals surface area contributed by atoms with Gasteiger partial charge in [0.2, 0.25) is 5.91 Å². The maximum absolute atomic E-state index is 14.7. The number of methoxy groups -OCH3 is 4. The topological polar surface area (TPSA) is 115 Å². The second kappa shape index (κ2) is 18.7. The zero-order valence-corrected chi connectivity index (χ0v) is 35.7. The van der Waals surface area contributed by atoms with Gasteiger partial charge < -0.3 is 34.1 Å². The van der Waals surface area contributed by atoms with Crippen molar-refractivity contribution in [3.63, 3.8) is 0 Å². The van der Waals surface area contributed by atoms with E-state index >= 15 is 0 Å². The number of benzene rings is 4. The molecule has 2 bridgehead atoms. The minimum atomic E-state index is -4.65. The minimum absolute atomic E-state index is 0.0140. The Kier molecular flexibility index (Phi) is 13.9. The van der Waals surface area contributed by atoms with Crippen LogP contribution < -0.4 is 18.9 Å². The third-order valence-electron chi connectivity index (χ3n) is 12.8. The number of halogens is 3. The maximum atomic E-state index is 14.7. The number of rotatable bonds is 12. The van der Waals surface area contributed by atoms with Gasteiger partial charge in [0.15, 0.2) is 17.3 Å². The fourth-order valence-corrected chi connectivity index (χ4v) is 9.20. The number of hydrogen-bond acceptors (Lipinski definition) is 8. The standard InChI is InChI=1S/C49H56F3NO8/c1-31-9-8-21-47(2)41(39-18-13-32(23-37(54)16-12-31)24-40(39)46(56)34-10-7-11-36(27-34)49(50,51)52)20-22-48(47,57)30-53(29-35-15-17-38(58-3)28-43(35)60-5)45(55)26-33-14-19-42(59-4)44(25-33)61-6/h7,9-11,13-15,17-19,24-25,27-28,37,41,54,57H,8,12,16,20-23,26,29-30H2,1-6H3. The molecule has 7 rings (SSSR count). The lowest BCUT2D eigenvalue weighted by Crippen LogP contribution is -2.53. The number of carbonyl (C=O) groups excluding carboxylic acids is 2. The Hall–Kier alpha value is -5.33. The molecule has 2 N–H and O–H groups in total. The number of aliphatic hydroxyl groups excluding tert-OH is 1. The Labute approximate surface area is 356 Å². The summed E-state index contributed by atoms with van der Waals surface area (Å²) >= 11 is 0. The van der Waals surface area contributed by atoms with E-state index < -0.39 is 40.6 Å². The molecule has 0 saturated heterocycles. The second-order valence-electron chi connectivity index (χ2n) is 16.6. The Balaban J connectivity index is 1.45. The van der Waals surface area contributed by atoms with Gasteiger partial charge in [-0.15, -0.1) is 0 Å². The average Bonchev–Trinajstić information content (AvgIpc) is 3.50. The highest BCUT2D eigenvalue weighted by molar-refractivity contribution is 6.10. The molecule has 61 heavy (non-hydrogen) atoms. The van der Waals surface area contributed by atoms with Crippen LogP contribution in [0.25, 0.3) is 0 Å². The lowest BCUT2D eigenvalue weighted by molar-refractivity contribution is -0.140. The molecule has 9 nitrogen and oxygen atoms in total. The molecule has 1 fully saturated rings. The van der Waals surface area contributed by atoms with Crippen molar-refractivity contribution < 1.29 is 51.9 Å². The molecule has 0 spiro atoms. The highest BCUT2D eigenvalue weighted by Crippen LogP contribution is 2.59. The van der Waals surface area contributed by atoms with E-state index in [1.165, 1.54) is 26.4 Å². The van der Waals surface area contributed by atoms with Gasteiger partial charge in [-0.2, -0.15) is 13.2 Å². The van der Waals surface area contributed by atoms with Gasteiger partial charge in [0.25, 0.3) is 0 Å². The zero-order valence-electron chi connectivity index (χ0n) is 35.7. The second-order valence-corrected chi connectivity index (χ2v) is 16.6. The summed E-state index contributed by atoms with van der Waals surface area (Å²) < 4.78 is 63.8. The number of ketones is 1. The van der Waals surface area contributed by atoms with Gasteiger partial charge in [-0.1, -0.05) is 48.9 Å². The lowest BCUT2D eigenvalue weighted by atomic mass is 9.64. The molecule has 0 aromatic heterocycles. The molecule has 326 valence electrons. The third-order valence-corrected chi connectivity index (χ3v) is 12.8. The van der Waals surface area contributed by atoms with E-state index in [1.54, 1.807) is 55.5 Å². The van der Waals surface area contributed by atoms with Crippen LogP contribution in [0.2, 0.25) is 0 Å². The summed E-state index contributed by atoms with van der Waals surface area (Å²) in [6.45, 7) is 4.06. The smallest absolute Gasteiger partial charge is 0.416 e. The predicted molar refractivity (Wildman–Crippen MR) is 226 cm³/mol. The van der Waals surface area contributed by atoms with Crippen molar-refractivity contribution in [2.75, 3.05) is 35.0 Å². The van der Waals surface area contributed by atoms with Gasteiger partial charge in [0.05, 0.1) is 58.7 Å². The van der Waals surface area contributed by atoms with Crippen molar-refractivity contribution in [1.29, 1.82) is 0 Å². The normalized spacial score (nSPS) is 21.8. The van der Waals surface area contributed by atoms with Crippen LogP contribution >= 0.6 is 0 Å². The fraction of sp³-hybridized carbons (Fsp3) is 0.429. The number of hydrogen-bond donors (Lipinski definition) is 2. The van der Waals surface area contributed by atoms with Gasteiger partial charge in [-0.3, -0.25) is 9.59 Å². The van der Waals surface area contributed by atoms with Crippen LogP contribution in [0.15, 0.2) is 90.5 Å². The number of nitrogens with zero attached hydrogens (tertiary/aromatic N) is 1. The first-order chi connectivity index (χ1) is 29.0. The SMILES string of the molecule is COc1ccc(CN(CC2(O)CCC3c4ccc(cc4C(=O)c4cccc(C(F)(F)F)c4)CC(O)CCC(C)=CCCC32C)C(=O)Cc2ccc(OC)c(OC)c2)c(OC)c1. The van der Waals surface area contributed by atoms with Gasteiger partial charge >= 0.3 is 6.18 Å². The van der Waals surface area contributed by atoms with Crippen LogP contribution in [0.1, 0.15) is 102 Å². The summed E-state index contributed by atoms with van der Waals surface area (Å²) in [5, 5.41) is 24.3. The molecule has 0 aliphatic heterocycles. The van der Waals surface area contributed by atoms with Crippen molar-refractivity contribution >= 4 is 11.7 Å².